The molecule has 0 bridgehead atoms. The molecule has 0 saturated carbocycles. The van der Waals surface area contributed by atoms with E-state index >= 15 is 0 Å². The first-order valence-electron chi connectivity index (χ1n) is 9.67. The minimum absolute atomic E-state index is 0.0427. The summed E-state index contributed by atoms with van der Waals surface area (Å²) in [4.78, 5) is 12.1. The summed E-state index contributed by atoms with van der Waals surface area (Å²) in [6.45, 7) is 1.94. The second kappa shape index (κ2) is 9.56. The first-order chi connectivity index (χ1) is 14.9. The number of hydrogen-bond donors (Lipinski definition) is 1. The summed E-state index contributed by atoms with van der Waals surface area (Å²) in [5, 5.41) is 15.2. The summed E-state index contributed by atoms with van der Waals surface area (Å²) in [5.41, 5.74) is 6.76. The Bertz CT molecular complexity index is 1060. The Morgan fingerprint density at radius 2 is 2.13 bits per heavy atom. The normalized spacial score (nSPS) is 19.1. The van der Waals surface area contributed by atoms with E-state index < -0.39 is 28.5 Å². The molecule has 1 aliphatic rings. The maximum Gasteiger partial charge on any atom is 0.273 e. The van der Waals surface area contributed by atoms with Crippen molar-refractivity contribution in [3.8, 4) is 6.07 Å². The molecular weight excluding hydrogens is 422 g/mol. The predicted molar refractivity (Wildman–Crippen MR) is 115 cm³/mol. The molecule has 0 saturated heterocycles. The van der Waals surface area contributed by atoms with E-state index in [1.165, 1.54) is 12.1 Å². The van der Waals surface area contributed by atoms with Crippen molar-refractivity contribution >= 4 is 22.7 Å². The van der Waals surface area contributed by atoms with Crippen LogP contribution in [0.5, 0.6) is 0 Å². The van der Waals surface area contributed by atoms with Crippen molar-refractivity contribution in [2.45, 2.75) is 30.7 Å². The van der Waals surface area contributed by atoms with Crippen molar-refractivity contribution in [2.24, 2.45) is 10.8 Å². The number of rotatable bonds is 7. The molecule has 2 atom stereocenters. The first-order valence-corrected chi connectivity index (χ1v) is 10.5. The number of hydrogen-bond acceptors (Lipinski definition) is 6. The van der Waals surface area contributed by atoms with E-state index in [1.807, 2.05) is 0 Å². The lowest BCUT2D eigenvalue weighted by molar-refractivity contribution is -0.144. The van der Waals surface area contributed by atoms with E-state index in [-0.39, 0.29) is 10.6 Å². The standard InChI is InChI=1S/C22H22F2N4O2S/c1-14(30-2)21(29)28-22(9-4-10-25,16-6-3-5-15(11-16)13-26)31-20(27-28)18-12-17(23)7-8-19(18)24/h3,5-8,11-12,14H,4,9-10,25H2,1-2H3/t14-,22?/m0/s1. The highest BCUT2D eigenvalue weighted by Gasteiger charge is 2.49. The van der Waals surface area contributed by atoms with Crippen LogP contribution < -0.4 is 5.73 Å². The molecule has 0 aliphatic carbocycles. The zero-order valence-electron chi connectivity index (χ0n) is 17.1. The average molecular weight is 445 g/mol. The van der Waals surface area contributed by atoms with Gasteiger partial charge in [0, 0.05) is 12.7 Å². The van der Waals surface area contributed by atoms with Crippen LogP contribution in [0.15, 0.2) is 47.6 Å². The van der Waals surface area contributed by atoms with E-state index in [1.54, 1.807) is 31.2 Å². The number of nitriles is 1. The van der Waals surface area contributed by atoms with Crippen LogP contribution in [0.3, 0.4) is 0 Å². The fourth-order valence-electron chi connectivity index (χ4n) is 3.32. The fraction of sp³-hybridized carbons (Fsp3) is 0.318. The fourth-order valence-corrected chi connectivity index (χ4v) is 4.74. The minimum Gasteiger partial charge on any atom is -0.372 e. The van der Waals surface area contributed by atoms with Crippen LogP contribution in [0.2, 0.25) is 0 Å². The Labute approximate surface area is 183 Å². The van der Waals surface area contributed by atoms with Gasteiger partial charge in [0.05, 0.1) is 11.6 Å². The lowest BCUT2D eigenvalue weighted by atomic mass is 9.98. The van der Waals surface area contributed by atoms with Crippen LogP contribution in [-0.2, 0) is 14.4 Å². The van der Waals surface area contributed by atoms with Crippen molar-refractivity contribution in [2.75, 3.05) is 13.7 Å². The van der Waals surface area contributed by atoms with Gasteiger partial charge in [0.2, 0.25) is 0 Å². The SMILES string of the molecule is CO[C@@H](C)C(=O)N1N=C(c2cc(F)ccc2F)SC1(CCCN)c1cccc(C#N)c1. The van der Waals surface area contributed by atoms with Gasteiger partial charge in [0.15, 0.2) is 0 Å². The molecule has 2 N–H and O–H groups in total. The molecule has 1 aliphatic heterocycles. The third kappa shape index (κ3) is 4.46. The Morgan fingerprint density at radius 1 is 1.35 bits per heavy atom. The first kappa shape index (κ1) is 22.9. The molecule has 31 heavy (non-hydrogen) atoms. The van der Waals surface area contributed by atoms with Gasteiger partial charge >= 0.3 is 0 Å². The van der Waals surface area contributed by atoms with Crippen LogP contribution in [0, 0.1) is 23.0 Å². The van der Waals surface area contributed by atoms with Gasteiger partial charge in [-0.2, -0.15) is 10.4 Å². The molecule has 1 amide bonds. The molecule has 2 aromatic carbocycles. The number of carbonyl (C=O) groups excluding carboxylic acids is 1. The van der Waals surface area contributed by atoms with Gasteiger partial charge in [0.25, 0.3) is 5.91 Å². The number of nitrogens with two attached hydrogens (primary N) is 1. The Balaban J connectivity index is 2.20. The van der Waals surface area contributed by atoms with E-state index in [9.17, 15) is 18.8 Å². The molecule has 1 heterocycles. The zero-order chi connectivity index (χ0) is 22.6. The highest BCUT2D eigenvalue weighted by molar-refractivity contribution is 8.15. The van der Waals surface area contributed by atoms with Crippen molar-refractivity contribution in [3.05, 3.63) is 70.8 Å². The van der Waals surface area contributed by atoms with Gasteiger partial charge in [-0.25, -0.2) is 13.8 Å². The molecule has 1 unspecified atom stereocenters. The van der Waals surface area contributed by atoms with Crippen LogP contribution in [0.25, 0.3) is 0 Å². The molecule has 2 aromatic rings. The summed E-state index contributed by atoms with van der Waals surface area (Å²) in [6, 6.07) is 12.0. The second-order valence-corrected chi connectivity index (χ2v) is 8.29. The molecule has 3 rings (SSSR count). The van der Waals surface area contributed by atoms with Crippen molar-refractivity contribution < 1.29 is 18.3 Å². The number of thioether (sulfide) groups is 1. The van der Waals surface area contributed by atoms with Gasteiger partial charge in [-0.3, -0.25) is 4.79 Å². The number of benzene rings is 2. The second-order valence-electron chi connectivity index (χ2n) is 7.03. The lowest BCUT2D eigenvalue weighted by Crippen LogP contribution is -2.46. The van der Waals surface area contributed by atoms with Crippen molar-refractivity contribution in [1.29, 1.82) is 5.26 Å². The van der Waals surface area contributed by atoms with Gasteiger partial charge in [-0.05, 0) is 62.2 Å². The highest BCUT2D eigenvalue weighted by atomic mass is 32.2. The zero-order valence-corrected chi connectivity index (χ0v) is 18.0. The molecular formula is C22H22F2N4O2S. The van der Waals surface area contributed by atoms with Crippen LogP contribution in [-0.4, -0.2) is 35.7 Å². The van der Waals surface area contributed by atoms with Gasteiger partial charge in [-0.1, -0.05) is 23.9 Å². The largest absolute Gasteiger partial charge is 0.372 e. The van der Waals surface area contributed by atoms with E-state index in [4.69, 9.17) is 10.5 Å². The summed E-state index contributed by atoms with van der Waals surface area (Å²) >= 11 is 1.14. The monoisotopic (exact) mass is 444 g/mol. The topological polar surface area (TPSA) is 91.7 Å². The maximum atomic E-state index is 14.5. The number of hydrazone groups is 1. The van der Waals surface area contributed by atoms with Gasteiger partial charge < -0.3 is 10.5 Å². The summed E-state index contributed by atoms with van der Waals surface area (Å²) in [6.07, 6.45) is 0.0934. The van der Waals surface area contributed by atoms with Crippen LogP contribution >= 0.6 is 11.8 Å². The molecule has 162 valence electrons. The Kier molecular flexibility index (Phi) is 7.05. The number of ether oxygens (including phenoxy) is 1. The highest BCUT2D eigenvalue weighted by Crippen LogP contribution is 2.51. The quantitative estimate of drug-likeness (QED) is 0.703. The molecule has 6 nitrogen and oxygen atoms in total. The molecule has 0 radical (unpaired) electrons. The number of halogens is 2. The minimum atomic E-state index is -1.09. The smallest absolute Gasteiger partial charge is 0.273 e. The van der Waals surface area contributed by atoms with Crippen molar-refractivity contribution in [1.82, 2.24) is 5.01 Å². The Hall–Kier alpha value is -2.80. The molecule has 0 fully saturated rings. The van der Waals surface area contributed by atoms with E-state index in [0.717, 1.165) is 30.0 Å². The number of methoxy groups -OCH3 is 1. The third-order valence-electron chi connectivity index (χ3n) is 5.03. The number of amides is 1. The Morgan fingerprint density at radius 3 is 2.81 bits per heavy atom. The average Bonchev–Trinajstić information content (AvgIpc) is 3.18. The maximum absolute atomic E-state index is 14.5. The molecule has 9 heteroatoms. The number of nitrogens with zero attached hydrogens (tertiary/aromatic N) is 3. The summed E-state index contributed by atoms with van der Waals surface area (Å²) in [7, 11) is 1.40. The number of carbonyl (C=O) groups is 1. The van der Waals surface area contributed by atoms with E-state index in [0.29, 0.717) is 30.5 Å². The molecule has 0 aromatic heterocycles. The summed E-state index contributed by atoms with van der Waals surface area (Å²) < 4.78 is 33.6. The van der Waals surface area contributed by atoms with Gasteiger partial charge in [0.1, 0.15) is 27.7 Å². The predicted octanol–water partition coefficient (Wildman–Crippen LogP) is 3.70. The third-order valence-corrected chi connectivity index (χ3v) is 6.48. The van der Waals surface area contributed by atoms with Crippen molar-refractivity contribution in [3.63, 3.8) is 0 Å². The van der Waals surface area contributed by atoms with Crippen LogP contribution in [0.1, 0.15) is 36.5 Å². The summed E-state index contributed by atoms with van der Waals surface area (Å²) in [5.74, 6) is -1.71. The van der Waals surface area contributed by atoms with Crippen LogP contribution in [0.4, 0.5) is 8.78 Å². The van der Waals surface area contributed by atoms with E-state index in [2.05, 4.69) is 11.2 Å². The lowest BCUT2D eigenvalue weighted by Gasteiger charge is -2.37. The molecule has 0 spiro atoms. The van der Waals surface area contributed by atoms with Gasteiger partial charge in [-0.15, -0.1) is 0 Å².